The molecule has 0 atom stereocenters. The molecule has 2 aromatic rings. The van der Waals surface area contributed by atoms with Crippen LogP contribution >= 0.6 is 9.69 Å². The summed E-state index contributed by atoms with van der Waals surface area (Å²) in [6.45, 7) is 0.997. The summed E-state index contributed by atoms with van der Waals surface area (Å²) in [4.78, 5) is 2.14. The number of halogens is 1. The van der Waals surface area contributed by atoms with Gasteiger partial charge in [0.25, 0.3) is 0 Å². The van der Waals surface area contributed by atoms with E-state index in [9.17, 15) is 0 Å². The molecule has 0 N–H and O–H groups in total. The molecule has 0 saturated carbocycles. The summed E-state index contributed by atoms with van der Waals surface area (Å²) >= 11 is 1.82. The molecule has 0 aromatic heterocycles. The Kier molecular flexibility index (Phi) is 12.3. The van der Waals surface area contributed by atoms with Crippen molar-refractivity contribution in [2.75, 3.05) is 14.1 Å². The van der Waals surface area contributed by atoms with Crippen LogP contribution < -0.4 is 0 Å². The van der Waals surface area contributed by atoms with Crippen molar-refractivity contribution in [1.29, 1.82) is 0 Å². The molecule has 3 heteroatoms. The first-order valence-corrected chi connectivity index (χ1v) is 7.76. The van der Waals surface area contributed by atoms with Gasteiger partial charge < -0.3 is 4.90 Å². The Morgan fingerprint density at radius 1 is 1.00 bits per heavy atom. The van der Waals surface area contributed by atoms with E-state index in [4.69, 9.17) is 0 Å². The van der Waals surface area contributed by atoms with Gasteiger partial charge in [0, 0.05) is 0 Å². The van der Waals surface area contributed by atoms with Crippen LogP contribution in [0.1, 0.15) is 5.56 Å². The molecule has 0 amide bonds. The fourth-order valence-corrected chi connectivity index (χ4v) is 1.28. The molecule has 0 radical (unpaired) electrons. The van der Waals surface area contributed by atoms with Gasteiger partial charge >= 0.3 is 27.0 Å². The van der Waals surface area contributed by atoms with Crippen molar-refractivity contribution in [3.05, 3.63) is 72.3 Å². The standard InChI is InChI=1S/C9H12N.C6H6.ClH.Ru/c1-10(2)8-9-6-4-3-5-7-9;1-2-4-6-5-3-1;;/h3-4,6-7H,8H2,1-2H3;1-6H;1H;/q-1;;;+2/p-1. The summed E-state index contributed by atoms with van der Waals surface area (Å²) in [6, 6.07) is 23.1. The van der Waals surface area contributed by atoms with Crippen molar-refractivity contribution < 1.29 is 17.3 Å². The van der Waals surface area contributed by atoms with E-state index < -0.39 is 0 Å². The zero-order chi connectivity index (χ0) is 13.6. The summed E-state index contributed by atoms with van der Waals surface area (Å²) in [5, 5.41) is 0. The second-order valence-electron chi connectivity index (χ2n) is 3.80. The molecule has 1 nitrogen and oxygen atoms in total. The molecule has 98 valence electrons. The predicted molar refractivity (Wildman–Crippen MR) is 75.0 cm³/mol. The second kappa shape index (κ2) is 12.8. The first-order chi connectivity index (χ1) is 8.79. The second-order valence-corrected chi connectivity index (χ2v) is 3.80. The zero-order valence-corrected chi connectivity index (χ0v) is 13.2. The van der Waals surface area contributed by atoms with E-state index in [2.05, 4.69) is 40.8 Å². The maximum absolute atomic E-state index is 4.57. The number of hydrogen-bond acceptors (Lipinski definition) is 1. The molecule has 0 spiro atoms. The number of nitrogens with zero attached hydrogens (tertiary/aromatic N) is 1. The summed E-state index contributed by atoms with van der Waals surface area (Å²) in [7, 11) is 8.69. The van der Waals surface area contributed by atoms with Crippen molar-refractivity contribution in [3.8, 4) is 0 Å². The third-order valence-corrected chi connectivity index (χ3v) is 1.94. The average molecular weight is 349 g/mol. The molecule has 0 heterocycles. The molecule has 0 aliphatic carbocycles. The SMILES string of the molecule is CN(C)Cc1c[c-]ccc1.[Cl][Ru+].c1ccccc1. The molecule has 2 rings (SSSR count). The number of benzene rings is 2. The maximum atomic E-state index is 4.57. The fourth-order valence-electron chi connectivity index (χ4n) is 1.28. The van der Waals surface area contributed by atoms with Crippen LogP contribution in [-0.4, -0.2) is 19.0 Å². The van der Waals surface area contributed by atoms with Gasteiger partial charge in [-0.1, -0.05) is 36.4 Å². The Bertz CT molecular complexity index is 338. The van der Waals surface area contributed by atoms with Gasteiger partial charge in [0.1, 0.15) is 0 Å². The van der Waals surface area contributed by atoms with Gasteiger partial charge in [-0.05, 0) is 20.6 Å². The van der Waals surface area contributed by atoms with Crippen molar-refractivity contribution in [2.24, 2.45) is 0 Å². The van der Waals surface area contributed by atoms with Gasteiger partial charge in [-0.3, -0.25) is 0 Å². The molecule has 2 aromatic carbocycles. The largest absolute Gasteiger partial charge is 0.0623 e. The molecule has 0 fully saturated rings. The topological polar surface area (TPSA) is 3.24 Å². The van der Waals surface area contributed by atoms with Gasteiger partial charge in [0.05, 0.1) is 0 Å². The summed E-state index contributed by atoms with van der Waals surface area (Å²) in [5.41, 5.74) is 1.31. The molecule has 0 unspecified atom stereocenters. The summed E-state index contributed by atoms with van der Waals surface area (Å²) < 4.78 is 0. The molecule has 0 aliphatic heterocycles. The van der Waals surface area contributed by atoms with Crippen LogP contribution in [0.25, 0.3) is 0 Å². The van der Waals surface area contributed by atoms with E-state index in [0.717, 1.165) is 6.54 Å². The van der Waals surface area contributed by atoms with E-state index in [1.165, 1.54) is 5.56 Å². The van der Waals surface area contributed by atoms with Gasteiger partial charge in [0.2, 0.25) is 0 Å². The Labute approximate surface area is 125 Å². The molecule has 18 heavy (non-hydrogen) atoms. The van der Waals surface area contributed by atoms with Crippen LogP contribution in [0.4, 0.5) is 0 Å². The summed E-state index contributed by atoms with van der Waals surface area (Å²) in [5.74, 6) is 0. The number of rotatable bonds is 2. The van der Waals surface area contributed by atoms with Crippen molar-refractivity contribution in [2.45, 2.75) is 6.54 Å². The first-order valence-electron chi connectivity index (χ1n) is 5.52. The van der Waals surface area contributed by atoms with Gasteiger partial charge in [-0.2, -0.15) is 30.3 Å². The monoisotopic (exact) mass is 349 g/mol. The fraction of sp³-hybridized carbons (Fsp3) is 0.200. The molecule has 0 bridgehead atoms. The van der Waals surface area contributed by atoms with Crippen LogP contribution in [0, 0.1) is 6.07 Å². The van der Waals surface area contributed by atoms with E-state index >= 15 is 0 Å². The molecular weight excluding hydrogens is 331 g/mol. The van der Waals surface area contributed by atoms with Crippen molar-refractivity contribution >= 4 is 9.69 Å². The van der Waals surface area contributed by atoms with Crippen LogP contribution in [-0.2, 0) is 23.9 Å². The Morgan fingerprint density at radius 3 is 1.83 bits per heavy atom. The molecule has 0 saturated heterocycles. The van der Waals surface area contributed by atoms with Crippen molar-refractivity contribution in [1.82, 2.24) is 4.90 Å². The smallest absolute Gasteiger partial charge is 0.0623 e. The third-order valence-electron chi connectivity index (χ3n) is 1.94. The summed E-state index contributed by atoms with van der Waals surface area (Å²) in [6.07, 6.45) is 0. The quantitative estimate of drug-likeness (QED) is 0.587. The van der Waals surface area contributed by atoms with Gasteiger partial charge in [0.15, 0.2) is 0 Å². The van der Waals surface area contributed by atoms with Gasteiger partial charge in [-0.25, -0.2) is 0 Å². The minimum absolute atomic E-state index is 0.997. The Balaban J connectivity index is 0.000000308. The van der Waals surface area contributed by atoms with Crippen LogP contribution in [0.5, 0.6) is 0 Å². The average Bonchev–Trinajstić information content (AvgIpc) is 2.44. The van der Waals surface area contributed by atoms with E-state index in [1.54, 1.807) is 0 Å². The predicted octanol–water partition coefficient (Wildman–Crippen LogP) is 3.92. The zero-order valence-electron chi connectivity index (χ0n) is 10.7. The molecular formula is C15H18ClNRu. The normalized spacial score (nSPS) is 8.72. The minimum atomic E-state index is 0.997. The third kappa shape index (κ3) is 10.5. The van der Waals surface area contributed by atoms with E-state index in [0.29, 0.717) is 0 Å². The Morgan fingerprint density at radius 2 is 1.50 bits per heavy atom. The number of hydrogen-bond donors (Lipinski definition) is 0. The van der Waals surface area contributed by atoms with Gasteiger partial charge in [-0.15, -0.1) is 5.56 Å². The molecule has 0 aliphatic rings. The van der Waals surface area contributed by atoms with Crippen LogP contribution in [0.3, 0.4) is 0 Å². The maximum Gasteiger partial charge on any atom is -0.0623 e. The van der Waals surface area contributed by atoms with Crippen molar-refractivity contribution in [3.63, 3.8) is 0 Å². The van der Waals surface area contributed by atoms with E-state index in [1.807, 2.05) is 71.9 Å². The Hall–Kier alpha value is -0.687. The first kappa shape index (κ1) is 17.3. The van der Waals surface area contributed by atoms with E-state index in [-0.39, 0.29) is 0 Å². The van der Waals surface area contributed by atoms with Crippen LogP contribution in [0.15, 0.2) is 60.7 Å². The van der Waals surface area contributed by atoms with Crippen LogP contribution in [0.2, 0.25) is 0 Å². The minimum Gasteiger partial charge on any atom is -0.0623 e.